The largest absolute Gasteiger partial charge is 0.393 e. The molecule has 1 atom stereocenters. The van der Waals surface area contributed by atoms with E-state index in [1.807, 2.05) is 54.6 Å². The minimum atomic E-state index is -0.770. The Morgan fingerprint density at radius 3 is 1.61 bits per heavy atom. The molecule has 0 saturated carbocycles. The summed E-state index contributed by atoms with van der Waals surface area (Å²) < 4.78 is 0. The molecule has 0 bridgehead atoms. The van der Waals surface area contributed by atoms with Gasteiger partial charge in [-0.2, -0.15) is 0 Å². The van der Waals surface area contributed by atoms with Crippen molar-refractivity contribution in [3.8, 4) is 0 Å². The molecular weight excluding hydrogens is 348 g/mol. The molecule has 4 rings (SSSR count). The van der Waals surface area contributed by atoms with Crippen LogP contribution in [0.5, 0.6) is 0 Å². The van der Waals surface area contributed by atoms with Crippen LogP contribution < -0.4 is 0 Å². The van der Waals surface area contributed by atoms with Crippen molar-refractivity contribution < 1.29 is 5.11 Å². The van der Waals surface area contributed by atoms with Gasteiger partial charge >= 0.3 is 0 Å². The first kappa shape index (κ1) is 18.1. The maximum absolute atomic E-state index is 9.75. The molecule has 1 heterocycles. The van der Waals surface area contributed by atoms with Gasteiger partial charge in [0.1, 0.15) is 0 Å². The topological polar surface area (TPSA) is 63.8 Å². The first-order valence-corrected chi connectivity index (χ1v) is 9.35. The monoisotopic (exact) mass is 370 g/mol. The number of aromatic nitrogens is 4. The van der Waals surface area contributed by atoms with E-state index in [0.717, 1.165) is 16.7 Å². The van der Waals surface area contributed by atoms with Crippen LogP contribution in [0.3, 0.4) is 0 Å². The van der Waals surface area contributed by atoms with Gasteiger partial charge in [0, 0.05) is 6.42 Å². The second-order valence-corrected chi connectivity index (χ2v) is 6.86. The fourth-order valence-electron chi connectivity index (χ4n) is 3.62. The highest BCUT2D eigenvalue weighted by Gasteiger charge is 2.41. The predicted molar refractivity (Wildman–Crippen MR) is 108 cm³/mol. The molecule has 4 aromatic rings. The van der Waals surface area contributed by atoms with Gasteiger partial charge in [-0.25, -0.2) is 0 Å². The van der Waals surface area contributed by atoms with Gasteiger partial charge in [0.25, 0.3) is 0 Å². The van der Waals surface area contributed by atoms with Crippen molar-refractivity contribution in [2.45, 2.75) is 25.0 Å². The van der Waals surface area contributed by atoms with Crippen molar-refractivity contribution in [3.05, 3.63) is 114 Å². The highest BCUT2D eigenvalue weighted by molar-refractivity contribution is 5.49. The Labute approximate surface area is 164 Å². The van der Waals surface area contributed by atoms with E-state index in [1.54, 1.807) is 11.7 Å². The van der Waals surface area contributed by atoms with E-state index in [4.69, 9.17) is 0 Å². The third-order valence-electron chi connectivity index (χ3n) is 4.81. The summed E-state index contributed by atoms with van der Waals surface area (Å²) in [4.78, 5) is 1.67. The van der Waals surface area contributed by atoms with E-state index in [9.17, 15) is 5.11 Å². The molecule has 1 unspecified atom stereocenters. The van der Waals surface area contributed by atoms with Crippen LogP contribution in [0, 0.1) is 0 Å². The molecule has 3 aromatic carbocycles. The zero-order valence-electron chi connectivity index (χ0n) is 15.7. The van der Waals surface area contributed by atoms with Crippen molar-refractivity contribution in [3.63, 3.8) is 0 Å². The molecule has 0 aliphatic carbocycles. The summed E-state index contributed by atoms with van der Waals surface area (Å²) in [6.45, 7) is 1.72. The van der Waals surface area contributed by atoms with Gasteiger partial charge in [-0.15, -0.1) is 15.0 Å². The van der Waals surface area contributed by atoms with Gasteiger partial charge in [-0.05, 0) is 28.8 Å². The maximum atomic E-state index is 9.75. The third-order valence-corrected chi connectivity index (χ3v) is 4.81. The molecule has 0 amide bonds. The number of hydrogen-bond donors (Lipinski definition) is 1. The van der Waals surface area contributed by atoms with Crippen LogP contribution in [0.4, 0.5) is 0 Å². The number of tetrazole rings is 1. The lowest BCUT2D eigenvalue weighted by molar-refractivity contribution is 0.192. The van der Waals surface area contributed by atoms with Gasteiger partial charge in [-0.1, -0.05) is 91.0 Å². The lowest BCUT2D eigenvalue weighted by atomic mass is 9.77. The van der Waals surface area contributed by atoms with Crippen molar-refractivity contribution in [2.75, 3.05) is 0 Å². The molecule has 140 valence electrons. The fraction of sp³-hybridized carbons (Fsp3) is 0.174. The maximum Gasteiger partial charge on any atom is 0.177 e. The summed E-state index contributed by atoms with van der Waals surface area (Å²) in [6, 6.07) is 30.6. The molecule has 5 nitrogen and oxygen atoms in total. The number of aliphatic hydroxyl groups is 1. The Hall–Kier alpha value is -3.31. The van der Waals surface area contributed by atoms with Gasteiger partial charge in [-0.3, -0.25) is 0 Å². The molecule has 0 aliphatic heterocycles. The van der Waals surface area contributed by atoms with Gasteiger partial charge in [0.2, 0.25) is 0 Å². The molecule has 5 heteroatoms. The predicted octanol–water partition coefficient (Wildman–Crippen LogP) is 3.44. The molecule has 1 N–H and O–H groups in total. The van der Waals surface area contributed by atoms with E-state index in [0.29, 0.717) is 12.2 Å². The molecule has 0 spiro atoms. The first-order valence-electron chi connectivity index (χ1n) is 9.35. The van der Waals surface area contributed by atoms with E-state index < -0.39 is 11.6 Å². The number of nitrogens with zero attached hydrogens (tertiary/aromatic N) is 4. The molecule has 1 aromatic heterocycles. The quantitative estimate of drug-likeness (QED) is 0.528. The highest BCUT2D eigenvalue weighted by atomic mass is 16.3. The number of benzene rings is 3. The Bertz CT molecular complexity index is 918. The average Bonchev–Trinajstić information content (AvgIpc) is 3.19. The van der Waals surface area contributed by atoms with Crippen LogP contribution in [-0.2, 0) is 12.0 Å². The van der Waals surface area contributed by atoms with E-state index in [-0.39, 0.29) is 0 Å². The van der Waals surface area contributed by atoms with Crippen LogP contribution in [0.25, 0.3) is 0 Å². The van der Waals surface area contributed by atoms with E-state index >= 15 is 0 Å². The average molecular weight is 370 g/mol. The van der Waals surface area contributed by atoms with Crippen LogP contribution in [-0.4, -0.2) is 31.4 Å². The second kappa shape index (κ2) is 7.74. The summed E-state index contributed by atoms with van der Waals surface area (Å²) in [5.74, 6) is 0.516. The van der Waals surface area contributed by atoms with Crippen molar-refractivity contribution in [1.29, 1.82) is 0 Å². The summed E-state index contributed by atoms with van der Waals surface area (Å²) in [7, 11) is 0. The normalized spacial score (nSPS) is 12.6. The minimum Gasteiger partial charge on any atom is -0.393 e. The van der Waals surface area contributed by atoms with Crippen LogP contribution >= 0.6 is 0 Å². The summed E-state index contributed by atoms with van der Waals surface area (Å²) in [5.41, 5.74) is 2.34. The highest BCUT2D eigenvalue weighted by Crippen LogP contribution is 2.39. The Morgan fingerprint density at radius 1 is 0.786 bits per heavy atom. The Kier molecular flexibility index (Phi) is 5.00. The van der Waals surface area contributed by atoms with Crippen LogP contribution in [0.2, 0.25) is 0 Å². The number of aliphatic hydroxyl groups excluding tert-OH is 1. The van der Waals surface area contributed by atoms with Crippen LogP contribution in [0.15, 0.2) is 91.0 Å². The SMILES string of the molecule is CC(O)Cc1nnn(C(c2ccccc2)(c2ccccc2)c2ccccc2)n1. The third kappa shape index (κ3) is 3.21. The van der Waals surface area contributed by atoms with E-state index in [1.165, 1.54) is 0 Å². The Morgan fingerprint density at radius 2 is 1.21 bits per heavy atom. The summed E-state index contributed by atoms with van der Waals surface area (Å²) >= 11 is 0. The van der Waals surface area contributed by atoms with Crippen molar-refractivity contribution in [2.24, 2.45) is 0 Å². The Balaban J connectivity index is 2.03. The molecule has 0 fully saturated rings. The fourth-order valence-corrected chi connectivity index (χ4v) is 3.62. The molecule has 0 aliphatic rings. The lowest BCUT2D eigenvalue weighted by Crippen LogP contribution is -2.39. The zero-order valence-corrected chi connectivity index (χ0v) is 15.7. The molecule has 0 radical (unpaired) electrons. The summed E-state index contributed by atoms with van der Waals surface area (Å²) in [5, 5.41) is 23.1. The van der Waals surface area contributed by atoms with Crippen molar-refractivity contribution in [1.82, 2.24) is 20.2 Å². The van der Waals surface area contributed by atoms with Gasteiger partial charge in [0.05, 0.1) is 6.10 Å². The van der Waals surface area contributed by atoms with E-state index in [2.05, 4.69) is 51.8 Å². The standard InChI is InChI=1S/C23H22N4O/c1-18(28)17-22-24-26-27(25-22)23(19-11-5-2-6-12-19,20-13-7-3-8-14-20)21-15-9-4-10-16-21/h2-16,18,28H,17H2,1H3. The van der Waals surface area contributed by atoms with Crippen LogP contribution in [0.1, 0.15) is 29.4 Å². The minimum absolute atomic E-state index is 0.356. The number of rotatable bonds is 6. The van der Waals surface area contributed by atoms with Gasteiger partial charge < -0.3 is 5.11 Å². The second-order valence-electron chi connectivity index (χ2n) is 6.86. The molecule has 28 heavy (non-hydrogen) atoms. The van der Waals surface area contributed by atoms with Crippen molar-refractivity contribution >= 4 is 0 Å². The molecule has 0 saturated heterocycles. The number of hydrogen-bond acceptors (Lipinski definition) is 4. The first-order chi connectivity index (χ1) is 13.7. The summed E-state index contributed by atoms with van der Waals surface area (Å²) in [6.07, 6.45) is -0.175. The smallest absolute Gasteiger partial charge is 0.177 e. The lowest BCUT2D eigenvalue weighted by Gasteiger charge is -2.34. The molecular formula is C23H22N4O. The zero-order chi connectivity index (χ0) is 19.4. The van der Waals surface area contributed by atoms with Gasteiger partial charge in [0.15, 0.2) is 11.4 Å².